The number of fused-ring (bicyclic) bond motifs is 1. The van der Waals surface area contributed by atoms with Crippen LogP contribution in [-0.2, 0) is 4.79 Å². The number of halogens is 1. The number of allylic oxidation sites excluding steroid dienone is 1. The fourth-order valence-electron chi connectivity index (χ4n) is 3.06. The van der Waals surface area contributed by atoms with Crippen LogP contribution in [-0.4, -0.2) is 30.5 Å². The van der Waals surface area contributed by atoms with E-state index in [1.165, 1.54) is 24.9 Å². The second-order valence-electron chi connectivity index (χ2n) is 5.44. The summed E-state index contributed by atoms with van der Waals surface area (Å²) in [6.07, 6.45) is 3.62. The third-order valence-electron chi connectivity index (χ3n) is 4.18. The molecule has 1 heterocycles. The Bertz CT molecular complexity index is 712. The summed E-state index contributed by atoms with van der Waals surface area (Å²) in [5, 5.41) is 0.337. The van der Waals surface area contributed by atoms with Crippen LogP contribution in [0.25, 0.3) is 0 Å². The molecule has 22 heavy (non-hydrogen) atoms. The Labute approximate surface area is 137 Å². The van der Waals surface area contributed by atoms with Crippen molar-refractivity contribution in [2.45, 2.75) is 18.9 Å². The largest absolute Gasteiger partial charge is 0.497 e. The topological polar surface area (TPSA) is 52.6 Å². The van der Waals surface area contributed by atoms with Crippen molar-refractivity contribution >= 4 is 34.9 Å². The molecule has 1 aliphatic carbocycles. The fourth-order valence-corrected chi connectivity index (χ4v) is 4.20. The number of benzene rings is 1. The highest BCUT2D eigenvalue weighted by Gasteiger charge is 2.57. The van der Waals surface area contributed by atoms with E-state index in [-0.39, 0.29) is 23.9 Å². The summed E-state index contributed by atoms with van der Waals surface area (Å²) in [6.45, 7) is 1.86. The zero-order valence-electron chi connectivity index (χ0n) is 12.4. The molecule has 0 aromatic heterocycles. The van der Waals surface area contributed by atoms with Gasteiger partial charge in [-0.25, -0.2) is 0 Å². The summed E-state index contributed by atoms with van der Waals surface area (Å²) < 4.78 is 11.2. The van der Waals surface area contributed by atoms with Crippen LogP contribution in [0, 0.1) is 5.92 Å². The number of ketones is 2. The lowest BCUT2D eigenvalue weighted by Gasteiger charge is -2.37. The molecule has 6 heteroatoms. The van der Waals surface area contributed by atoms with Gasteiger partial charge in [-0.05, 0) is 18.4 Å². The highest BCUT2D eigenvalue weighted by Crippen LogP contribution is 2.52. The maximum Gasteiger partial charge on any atom is 0.215 e. The van der Waals surface area contributed by atoms with Crippen LogP contribution in [0.3, 0.4) is 0 Å². The first-order valence-corrected chi connectivity index (χ1v) is 8.44. The van der Waals surface area contributed by atoms with Gasteiger partial charge >= 0.3 is 0 Å². The molecule has 0 unspecified atom stereocenters. The summed E-state index contributed by atoms with van der Waals surface area (Å²) in [5.74, 6) is 0.470. The molecule has 116 valence electrons. The van der Waals surface area contributed by atoms with E-state index in [1.54, 1.807) is 12.1 Å². The van der Waals surface area contributed by atoms with Gasteiger partial charge in [-0.15, -0.1) is 11.8 Å². The first kappa shape index (κ1) is 15.4. The third kappa shape index (κ3) is 1.99. The Morgan fingerprint density at radius 2 is 2.14 bits per heavy atom. The molecule has 2 atom stereocenters. The Hall–Kier alpha value is -1.46. The van der Waals surface area contributed by atoms with E-state index in [2.05, 4.69) is 0 Å². The molecule has 1 aromatic carbocycles. The predicted molar refractivity (Wildman–Crippen MR) is 86.1 cm³/mol. The Morgan fingerprint density at radius 3 is 2.77 bits per heavy atom. The number of rotatable bonds is 2. The molecule has 1 aliphatic heterocycles. The summed E-state index contributed by atoms with van der Waals surface area (Å²) in [4.78, 5) is 25.5. The van der Waals surface area contributed by atoms with Gasteiger partial charge in [0.05, 0.1) is 17.7 Å². The third-order valence-corrected chi connectivity index (χ3v) is 5.32. The summed E-state index contributed by atoms with van der Waals surface area (Å²) in [5.41, 5.74) is -0.739. The van der Waals surface area contributed by atoms with Crippen LogP contribution in [0.4, 0.5) is 0 Å². The van der Waals surface area contributed by atoms with Gasteiger partial charge in [-0.3, -0.25) is 9.59 Å². The zero-order valence-corrected chi connectivity index (χ0v) is 14.0. The minimum Gasteiger partial charge on any atom is -0.497 e. The van der Waals surface area contributed by atoms with Crippen molar-refractivity contribution in [3.8, 4) is 11.5 Å². The molecule has 0 fully saturated rings. The maximum atomic E-state index is 13.1. The van der Waals surface area contributed by atoms with E-state index < -0.39 is 5.60 Å². The average molecular weight is 339 g/mol. The molecule has 0 amide bonds. The van der Waals surface area contributed by atoms with E-state index in [0.29, 0.717) is 27.0 Å². The van der Waals surface area contributed by atoms with Crippen molar-refractivity contribution in [1.82, 2.24) is 0 Å². The van der Waals surface area contributed by atoms with Crippen LogP contribution in [0.1, 0.15) is 23.7 Å². The number of ether oxygens (including phenoxy) is 2. The lowest BCUT2D eigenvalue weighted by molar-refractivity contribution is -0.117. The lowest BCUT2D eigenvalue weighted by atomic mass is 9.77. The predicted octanol–water partition coefficient (Wildman–Crippen LogP) is 3.52. The van der Waals surface area contributed by atoms with Crippen molar-refractivity contribution < 1.29 is 19.1 Å². The van der Waals surface area contributed by atoms with E-state index >= 15 is 0 Å². The second-order valence-corrected chi connectivity index (χ2v) is 6.69. The number of carbonyl (C=O) groups is 2. The van der Waals surface area contributed by atoms with Gasteiger partial charge in [0.1, 0.15) is 5.75 Å². The Balaban J connectivity index is 2.19. The highest BCUT2D eigenvalue weighted by molar-refractivity contribution is 8.02. The standard InChI is InChI=1S/C16H15ClO4S/c1-8-4-9(18)5-13(22-3)16(8)15(19)11-6-10(20-2)7-12(17)14(11)21-16/h5-8H,4H2,1-3H3/t8-,16+/m1/s1. The summed E-state index contributed by atoms with van der Waals surface area (Å²) >= 11 is 7.60. The van der Waals surface area contributed by atoms with Gasteiger partial charge in [0.15, 0.2) is 11.5 Å². The molecular weight excluding hydrogens is 324 g/mol. The molecule has 3 rings (SSSR count). The van der Waals surface area contributed by atoms with Crippen LogP contribution in [0.5, 0.6) is 11.5 Å². The first-order chi connectivity index (χ1) is 10.4. The molecule has 0 N–H and O–H groups in total. The van der Waals surface area contributed by atoms with Crippen molar-refractivity contribution in [3.05, 3.63) is 33.7 Å². The number of hydrogen-bond donors (Lipinski definition) is 0. The lowest BCUT2D eigenvalue weighted by Crippen LogP contribution is -2.50. The number of thioether (sulfide) groups is 1. The molecule has 1 spiro atoms. The second kappa shape index (κ2) is 5.32. The van der Waals surface area contributed by atoms with E-state index in [1.807, 2.05) is 13.2 Å². The van der Waals surface area contributed by atoms with Crippen LogP contribution >= 0.6 is 23.4 Å². The molecular formula is C16H15ClO4S. The van der Waals surface area contributed by atoms with Gasteiger partial charge in [0, 0.05) is 23.3 Å². The van der Waals surface area contributed by atoms with Gasteiger partial charge in [-0.1, -0.05) is 18.5 Å². The van der Waals surface area contributed by atoms with Gasteiger partial charge in [0.25, 0.3) is 0 Å². The minimum absolute atomic E-state index is 0.0125. The van der Waals surface area contributed by atoms with E-state index in [9.17, 15) is 9.59 Å². The number of Topliss-reactive ketones (excluding diaryl/α,β-unsaturated/α-hetero) is 1. The molecule has 0 saturated carbocycles. The maximum absolute atomic E-state index is 13.1. The zero-order chi connectivity index (χ0) is 16.1. The molecule has 0 bridgehead atoms. The van der Waals surface area contributed by atoms with Crippen LogP contribution in [0.15, 0.2) is 23.1 Å². The first-order valence-electron chi connectivity index (χ1n) is 6.84. The number of hydrogen-bond acceptors (Lipinski definition) is 5. The van der Waals surface area contributed by atoms with Gasteiger partial charge in [-0.2, -0.15) is 0 Å². The smallest absolute Gasteiger partial charge is 0.215 e. The van der Waals surface area contributed by atoms with E-state index in [0.717, 1.165) is 0 Å². The SMILES string of the molecule is COc1cc(Cl)c2c(c1)C(=O)[C@@]1(O2)C(SC)=CC(=O)C[C@H]1C. The monoisotopic (exact) mass is 338 g/mol. The molecule has 0 saturated heterocycles. The molecule has 2 aliphatic rings. The molecule has 0 radical (unpaired) electrons. The van der Waals surface area contributed by atoms with Crippen molar-refractivity contribution in [2.24, 2.45) is 5.92 Å². The summed E-state index contributed by atoms with van der Waals surface area (Å²) in [7, 11) is 1.52. The number of methoxy groups -OCH3 is 1. The Kier molecular flexibility index (Phi) is 3.73. The van der Waals surface area contributed by atoms with Gasteiger partial charge in [0.2, 0.25) is 11.4 Å². The Morgan fingerprint density at radius 1 is 1.41 bits per heavy atom. The molecule has 1 aromatic rings. The van der Waals surface area contributed by atoms with Crippen molar-refractivity contribution in [2.75, 3.05) is 13.4 Å². The minimum atomic E-state index is -1.15. The number of carbonyl (C=O) groups excluding carboxylic acids is 2. The highest BCUT2D eigenvalue weighted by atomic mass is 35.5. The van der Waals surface area contributed by atoms with Gasteiger partial charge < -0.3 is 9.47 Å². The normalized spacial score (nSPS) is 26.7. The molecule has 4 nitrogen and oxygen atoms in total. The summed E-state index contributed by atoms with van der Waals surface area (Å²) in [6, 6.07) is 3.26. The van der Waals surface area contributed by atoms with E-state index in [4.69, 9.17) is 21.1 Å². The van der Waals surface area contributed by atoms with Crippen LogP contribution < -0.4 is 9.47 Å². The van der Waals surface area contributed by atoms with Crippen molar-refractivity contribution in [1.29, 1.82) is 0 Å². The fraction of sp³-hybridized carbons (Fsp3) is 0.375. The van der Waals surface area contributed by atoms with Crippen LogP contribution in [0.2, 0.25) is 5.02 Å². The average Bonchev–Trinajstić information content (AvgIpc) is 2.78. The quantitative estimate of drug-likeness (QED) is 0.825. The van der Waals surface area contributed by atoms with Crippen molar-refractivity contribution in [3.63, 3.8) is 0 Å².